The van der Waals surface area contributed by atoms with Crippen molar-refractivity contribution in [1.82, 2.24) is 9.97 Å². The highest BCUT2D eigenvalue weighted by Gasteiger charge is 2.07. The van der Waals surface area contributed by atoms with Gasteiger partial charge in [-0.1, -0.05) is 11.6 Å². The van der Waals surface area contributed by atoms with Gasteiger partial charge in [0.1, 0.15) is 0 Å². The van der Waals surface area contributed by atoms with E-state index >= 15 is 0 Å². The van der Waals surface area contributed by atoms with E-state index in [1.54, 1.807) is 0 Å². The van der Waals surface area contributed by atoms with Crippen molar-refractivity contribution in [3.8, 4) is 0 Å². The third-order valence-electron chi connectivity index (χ3n) is 2.70. The van der Waals surface area contributed by atoms with Crippen LogP contribution in [0.5, 0.6) is 0 Å². The molecule has 15 heavy (non-hydrogen) atoms. The third-order valence-corrected chi connectivity index (χ3v) is 2.70. The fourth-order valence-electron chi connectivity index (χ4n) is 1.88. The highest BCUT2D eigenvalue weighted by molar-refractivity contribution is 5.17. The lowest BCUT2D eigenvalue weighted by molar-refractivity contribution is 0.686. The zero-order chi connectivity index (χ0) is 10.7. The summed E-state index contributed by atoms with van der Waals surface area (Å²) in [4.78, 5) is 26.9. The van der Waals surface area contributed by atoms with Gasteiger partial charge in [0.05, 0.1) is 0 Å². The predicted molar refractivity (Wildman–Crippen MR) is 57.9 cm³/mol. The summed E-state index contributed by atoms with van der Waals surface area (Å²) >= 11 is 0. The Morgan fingerprint density at radius 2 is 2.13 bits per heavy atom. The summed E-state index contributed by atoms with van der Waals surface area (Å²) < 4.78 is 0. The number of hydrogen-bond donors (Lipinski definition) is 2. The molecule has 0 aromatic carbocycles. The number of H-pyrrole nitrogens is 2. The number of rotatable bonds is 2. The largest absolute Gasteiger partial charge is 0.325 e. The molecule has 4 heteroatoms. The molecule has 0 bridgehead atoms. The molecular formula is C11H14N2O2. The van der Waals surface area contributed by atoms with Crippen LogP contribution < -0.4 is 11.2 Å². The van der Waals surface area contributed by atoms with Crippen LogP contribution in [0.3, 0.4) is 0 Å². The van der Waals surface area contributed by atoms with Crippen LogP contribution in [0.4, 0.5) is 0 Å². The molecule has 1 aromatic heterocycles. The van der Waals surface area contributed by atoms with Crippen LogP contribution in [-0.4, -0.2) is 9.97 Å². The van der Waals surface area contributed by atoms with Gasteiger partial charge >= 0.3 is 5.69 Å². The van der Waals surface area contributed by atoms with Crippen LogP contribution >= 0.6 is 0 Å². The summed E-state index contributed by atoms with van der Waals surface area (Å²) in [7, 11) is 0. The lowest BCUT2D eigenvalue weighted by Gasteiger charge is -2.11. The molecule has 0 amide bonds. The van der Waals surface area contributed by atoms with E-state index in [2.05, 4.69) is 16.0 Å². The normalized spacial score (nSPS) is 16.1. The van der Waals surface area contributed by atoms with Gasteiger partial charge in [0.2, 0.25) is 0 Å². The van der Waals surface area contributed by atoms with Crippen molar-refractivity contribution in [3.05, 3.63) is 44.2 Å². The van der Waals surface area contributed by atoms with E-state index in [9.17, 15) is 9.59 Å². The average Bonchev–Trinajstić information content (AvgIpc) is 2.24. The van der Waals surface area contributed by atoms with E-state index < -0.39 is 5.69 Å². The number of hydrogen-bond acceptors (Lipinski definition) is 2. The SMILES string of the molecule is O=c1[nH]cc(CC2=CCCCC2)c(=O)[nH]1. The molecule has 1 aliphatic carbocycles. The Labute approximate surface area is 87.1 Å². The summed E-state index contributed by atoms with van der Waals surface area (Å²) in [5.74, 6) is 0. The van der Waals surface area contributed by atoms with Crippen molar-refractivity contribution < 1.29 is 0 Å². The Kier molecular flexibility index (Phi) is 2.85. The molecule has 2 N–H and O–H groups in total. The molecule has 0 saturated carbocycles. The van der Waals surface area contributed by atoms with Crippen molar-refractivity contribution in [3.63, 3.8) is 0 Å². The highest BCUT2D eigenvalue weighted by Crippen LogP contribution is 2.19. The van der Waals surface area contributed by atoms with E-state index in [0.29, 0.717) is 12.0 Å². The molecule has 80 valence electrons. The summed E-state index contributed by atoms with van der Waals surface area (Å²) in [6.45, 7) is 0. The van der Waals surface area contributed by atoms with Crippen LogP contribution in [0.1, 0.15) is 31.2 Å². The van der Waals surface area contributed by atoms with Crippen LogP contribution in [0.25, 0.3) is 0 Å². The molecule has 4 nitrogen and oxygen atoms in total. The maximum Gasteiger partial charge on any atom is 0.325 e. The highest BCUT2D eigenvalue weighted by atomic mass is 16.2. The fourth-order valence-corrected chi connectivity index (χ4v) is 1.88. The molecule has 1 aliphatic rings. The Bertz CT molecular complexity index is 482. The molecule has 0 unspecified atom stereocenters. The second-order valence-corrected chi connectivity index (χ2v) is 3.88. The first-order valence-electron chi connectivity index (χ1n) is 5.24. The monoisotopic (exact) mass is 206 g/mol. The molecule has 0 saturated heterocycles. The van der Waals surface area contributed by atoms with Crippen LogP contribution in [0, 0.1) is 0 Å². The molecule has 2 rings (SSSR count). The van der Waals surface area contributed by atoms with Gasteiger partial charge in [0, 0.05) is 18.2 Å². The molecule has 1 aromatic rings. The maximum absolute atomic E-state index is 11.4. The Morgan fingerprint density at radius 1 is 1.27 bits per heavy atom. The Morgan fingerprint density at radius 3 is 2.80 bits per heavy atom. The van der Waals surface area contributed by atoms with Gasteiger partial charge in [0.25, 0.3) is 5.56 Å². The third kappa shape index (κ3) is 2.46. The van der Waals surface area contributed by atoms with Gasteiger partial charge in [0.15, 0.2) is 0 Å². The van der Waals surface area contributed by atoms with Gasteiger partial charge in [-0.3, -0.25) is 9.78 Å². The second-order valence-electron chi connectivity index (χ2n) is 3.88. The van der Waals surface area contributed by atoms with E-state index in [4.69, 9.17) is 0 Å². The number of aromatic amines is 2. The van der Waals surface area contributed by atoms with Gasteiger partial charge in [-0.15, -0.1) is 0 Å². The minimum absolute atomic E-state index is 0.273. The van der Waals surface area contributed by atoms with Crippen molar-refractivity contribution >= 4 is 0 Å². The molecule has 1 heterocycles. The van der Waals surface area contributed by atoms with E-state index in [0.717, 1.165) is 12.8 Å². The molecule has 0 aliphatic heterocycles. The number of nitrogens with one attached hydrogen (secondary N) is 2. The van der Waals surface area contributed by atoms with Crippen molar-refractivity contribution in [2.75, 3.05) is 0 Å². The fraction of sp³-hybridized carbons (Fsp3) is 0.455. The number of aromatic nitrogens is 2. The molecule has 0 atom stereocenters. The van der Waals surface area contributed by atoms with Gasteiger partial charge < -0.3 is 4.98 Å². The Balaban J connectivity index is 2.20. The molecule has 0 radical (unpaired) electrons. The first-order valence-corrected chi connectivity index (χ1v) is 5.24. The lowest BCUT2D eigenvalue weighted by Crippen LogP contribution is -2.24. The quantitative estimate of drug-likeness (QED) is 0.712. The van der Waals surface area contributed by atoms with Gasteiger partial charge in [-0.2, -0.15) is 0 Å². The van der Waals surface area contributed by atoms with Crippen molar-refractivity contribution in [2.45, 2.75) is 32.1 Å². The topological polar surface area (TPSA) is 65.7 Å². The predicted octanol–water partition coefficient (Wildman–Crippen LogP) is 1.11. The first-order chi connectivity index (χ1) is 7.25. The van der Waals surface area contributed by atoms with Crippen molar-refractivity contribution in [2.24, 2.45) is 0 Å². The van der Waals surface area contributed by atoms with Crippen LogP contribution in [0.15, 0.2) is 27.4 Å². The van der Waals surface area contributed by atoms with Gasteiger partial charge in [-0.25, -0.2) is 4.79 Å². The zero-order valence-corrected chi connectivity index (χ0v) is 8.51. The van der Waals surface area contributed by atoms with E-state index in [1.807, 2.05) is 0 Å². The molecular weight excluding hydrogens is 192 g/mol. The van der Waals surface area contributed by atoms with E-state index in [1.165, 1.54) is 24.6 Å². The lowest BCUT2D eigenvalue weighted by atomic mass is 9.95. The van der Waals surface area contributed by atoms with Crippen LogP contribution in [-0.2, 0) is 6.42 Å². The molecule has 0 fully saturated rings. The standard InChI is InChI=1S/C11H14N2O2/c14-10-9(7-12-11(15)13-10)6-8-4-2-1-3-5-8/h4,7H,1-3,5-6H2,(H2,12,13,14,15). The summed E-state index contributed by atoms with van der Waals surface area (Å²) in [6.07, 6.45) is 8.99. The zero-order valence-electron chi connectivity index (χ0n) is 8.51. The number of allylic oxidation sites excluding steroid dienone is 2. The maximum atomic E-state index is 11.4. The minimum atomic E-state index is -0.443. The van der Waals surface area contributed by atoms with E-state index in [-0.39, 0.29) is 5.56 Å². The summed E-state index contributed by atoms with van der Waals surface area (Å²) in [5, 5.41) is 0. The smallest absolute Gasteiger partial charge is 0.314 e. The average molecular weight is 206 g/mol. The summed E-state index contributed by atoms with van der Waals surface area (Å²) in [5.41, 5.74) is 1.23. The Hall–Kier alpha value is -1.58. The first kappa shape index (κ1) is 9.96. The second kappa shape index (κ2) is 4.29. The molecule has 0 spiro atoms. The summed E-state index contributed by atoms with van der Waals surface area (Å²) in [6, 6.07) is 0. The minimum Gasteiger partial charge on any atom is -0.314 e. The van der Waals surface area contributed by atoms with Gasteiger partial charge in [-0.05, 0) is 25.7 Å². The van der Waals surface area contributed by atoms with Crippen molar-refractivity contribution in [1.29, 1.82) is 0 Å². The van der Waals surface area contributed by atoms with Crippen LogP contribution in [0.2, 0.25) is 0 Å².